The zero-order chi connectivity index (χ0) is 20.4. The van der Waals surface area contributed by atoms with Crippen molar-refractivity contribution in [3.8, 4) is 11.1 Å². The van der Waals surface area contributed by atoms with Crippen LogP contribution in [0, 0.1) is 0 Å². The minimum Gasteiger partial charge on any atom is -0.465 e. The van der Waals surface area contributed by atoms with Gasteiger partial charge in [0.15, 0.2) is 0 Å². The molecule has 1 aliphatic heterocycles. The molecule has 1 heterocycles. The van der Waals surface area contributed by atoms with Crippen LogP contribution in [0.1, 0.15) is 37.4 Å². The first-order valence-electron chi connectivity index (χ1n) is 9.43. The summed E-state index contributed by atoms with van der Waals surface area (Å²) in [5.74, 6) is -0.0386. The van der Waals surface area contributed by atoms with Crippen LogP contribution in [0.5, 0.6) is 0 Å². The van der Waals surface area contributed by atoms with Gasteiger partial charge in [-0.3, -0.25) is 4.79 Å². The number of hydrogen-bond acceptors (Lipinski definition) is 3. The van der Waals surface area contributed by atoms with Crippen molar-refractivity contribution in [3.63, 3.8) is 0 Å². The maximum Gasteiger partial charge on any atom is 0.405 e. The van der Waals surface area contributed by atoms with Crippen molar-refractivity contribution in [2.75, 3.05) is 19.0 Å². The van der Waals surface area contributed by atoms with Crippen LogP contribution >= 0.6 is 0 Å². The van der Waals surface area contributed by atoms with Crippen LogP contribution in [-0.4, -0.2) is 42.1 Å². The van der Waals surface area contributed by atoms with Crippen LogP contribution in [0.2, 0.25) is 0 Å². The van der Waals surface area contributed by atoms with E-state index in [0.29, 0.717) is 6.42 Å². The summed E-state index contributed by atoms with van der Waals surface area (Å²) in [5.41, 5.74) is 4.91. The van der Waals surface area contributed by atoms with Crippen molar-refractivity contribution in [3.05, 3.63) is 53.6 Å². The highest BCUT2D eigenvalue weighted by Gasteiger charge is 2.33. The molecule has 2 N–H and O–H groups in total. The number of benzene rings is 2. The Kier molecular flexibility index (Phi) is 5.70. The highest BCUT2D eigenvalue weighted by atomic mass is 16.4. The number of fused-ring (bicyclic) bond motifs is 1. The molecule has 0 spiro atoms. The molecule has 3 rings (SSSR count). The molecule has 6 nitrogen and oxygen atoms in total. The summed E-state index contributed by atoms with van der Waals surface area (Å²) in [4.78, 5) is 27.3. The first kappa shape index (κ1) is 19.9. The third kappa shape index (κ3) is 4.17. The second kappa shape index (κ2) is 8.02. The summed E-state index contributed by atoms with van der Waals surface area (Å²) in [6, 6.07) is 13.9. The summed E-state index contributed by atoms with van der Waals surface area (Å²) >= 11 is 0. The SMILES string of the molecule is CC(=O)N1c2ccc(-c3ccc(CN(C)C)cc3)cc2[C@@H](NC(=O)O)C[C@H]1C. The van der Waals surface area contributed by atoms with E-state index in [2.05, 4.69) is 34.5 Å². The van der Waals surface area contributed by atoms with Gasteiger partial charge in [0.2, 0.25) is 5.91 Å². The summed E-state index contributed by atoms with van der Waals surface area (Å²) < 4.78 is 0. The average molecular weight is 381 g/mol. The lowest BCUT2D eigenvalue weighted by atomic mass is 9.89. The van der Waals surface area contributed by atoms with Crippen molar-refractivity contribution >= 4 is 17.7 Å². The second-order valence-corrected chi connectivity index (χ2v) is 7.68. The third-order valence-corrected chi connectivity index (χ3v) is 5.10. The largest absolute Gasteiger partial charge is 0.465 e. The van der Waals surface area contributed by atoms with Crippen LogP contribution in [0.15, 0.2) is 42.5 Å². The Labute approximate surface area is 165 Å². The molecular weight excluding hydrogens is 354 g/mol. The monoisotopic (exact) mass is 381 g/mol. The maximum absolute atomic E-state index is 12.2. The van der Waals surface area contributed by atoms with Crippen LogP contribution in [-0.2, 0) is 11.3 Å². The Morgan fingerprint density at radius 2 is 1.79 bits per heavy atom. The van der Waals surface area contributed by atoms with E-state index in [9.17, 15) is 14.7 Å². The molecule has 0 unspecified atom stereocenters. The van der Waals surface area contributed by atoms with Gasteiger partial charge in [-0.2, -0.15) is 0 Å². The zero-order valence-electron chi connectivity index (χ0n) is 16.8. The fraction of sp³-hybridized carbons (Fsp3) is 0.364. The second-order valence-electron chi connectivity index (χ2n) is 7.68. The molecule has 0 fully saturated rings. The average Bonchev–Trinajstić information content (AvgIpc) is 2.61. The highest BCUT2D eigenvalue weighted by molar-refractivity contribution is 5.94. The van der Waals surface area contributed by atoms with Crippen molar-refractivity contribution in [1.29, 1.82) is 0 Å². The molecule has 0 bridgehead atoms. The van der Waals surface area contributed by atoms with Gasteiger partial charge >= 0.3 is 6.09 Å². The van der Waals surface area contributed by atoms with E-state index in [1.165, 1.54) is 5.56 Å². The van der Waals surface area contributed by atoms with E-state index in [0.717, 1.165) is 28.9 Å². The van der Waals surface area contributed by atoms with Gasteiger partial charge in [-0.1, -0.05) is 30.3 Å². The molecule has 0 saturated carbocycles. The third-order valence-electron chi connectivity index (χ3n) is 5.10. The minimum absolute atomic E-state index is 0.0386. The molecule has 148 valence electrons. The number of carboxylic acid groups (broad SMARTS) is 1. The molecule has 6 heteroatoms. The fourth-order valence-corrected chi connectivity index (χ4v) is 3.98. The van der Waals surface area contributed by atoms with Gasteiger partial charge in [-0.05, 0) is 61.8 Å². The Morgan fingerprint density at radius 3 is 2.36 bits per heavy atom. The van der Waals surface area contributed by atoms with Gasteiger partial charge in [-0.25, -0.2) is 4.79 Å². The quantitative estimate of drug-likeness (QED) is 0.843. The van der Waals surface area contributed by atoms with Crippen molar-refractivity contribution in [2.45, 2.75) is 38.9 Å². The van der Waals surface area contributed by atoms with Crippen LogP contribution < -0.4 is 10.2 Å². The molecule has 0 aromatic heterocycles. The van der Waals surface area contributed by atoms with Crippen LogP contribution in [0.25, 0.3) is 11.1 Å². The Morgan fingerprint density at radius 1 is 1.14 bits per heavy atom. The lowest BCUT2D eigenvalue weighted by molar-refractivity contribution is -0.117. The van der Waals surface area contributed by atoms with Gasteiger partial charge in [0, 0.05) is 25.2 Å². The zero-order valence-corrected chi connectivity index (χ0v) is 16.8. The Balaban J connectivity index is 2.00. The summed E-state index contributed by atoms with van der Waals surface area (Å²) in [6.07, 6.45) is -0.512. The predicted molar refractivity (Wildman–Crippen MR) is 110 cm³/mol. The highest BCUT2D eigenvalue weighted by Crippen LogP contribution is 2.39. The van der Waals surface area contributed by atoms with E-state index in [-0.39, 0.29) is 18.0 Å². The number of carbonyl (C=O) groups is 2. The molecule has 2 aromatic rings. The van der Waals surface area contributed by atoms with Gasteiger partial charge in [0.1, 0.15) is 0 Å². The van der Waals surface area contributed by atoms with Gasteiger partial charge in [-0.15, -0.1) is 0 Å². The molecule has 2 aromatic carbocycles. The molecule has 1 aliphatic rings. The molecule has 0 saturated heterocycles. The maximum atomic E-state index is 12.2. The van der Waals surface area contributed by atoms with Crippen molar-refractivity contribution in [1.82, 2.24) is 10.2 Å². The topological polar surface area (TPSA) is 72.9 Å². The van der Waals surface area contributed by atoms with E-state index >= 15 is 0 Å². The standard InChI is InChI=1S/C22H27N3O3/c1-14-11-20(23-22(27)28)19-12-18(9-10-21(19)25(14)15(2)26)17-7-5-16(6-8-17)13-24(3)4/h5-10,12,14,20,23H,11,13H2,1-4H3,(H,27,28)/t14-,20+/m1/s1. The Bertz CT molecular complexity index is 877. The fourth-order valence-electron chi connectivity index (χ4n) is 3.98. The Hall–Kier alpha value is -2.86. The number of carbonyl (C=O) groups excluding carboxylic acids is 1. The van der Waals surface area contributed by atoms with Gasteiger partial charge in [0.05, 0.1) is 6.04 Å². The lowest BCUT2D eigenvalue weighted by Crippen LogP contribution is -2.45. The summed E-state index contributed by atoms with van der Waals surface area (Å²) in [7, 11) is 4.07. The molecule has 2 atom stereocenters. The van der Waals surface area contributed by atoms with E-state index < -0.39 is 6.09 Å². The predicted octanol–water partition coefficient (Wildman–Crippen LogP) is 3.87. The van der Waals surface area contributed by atoms with Gasteiger partial charge < -0.3 is 20.2 Å². The van der Waals surface area contributed by atoms with Crippen molar-refractivity contribution < 1.29 is 14.7 Å². The summed E-state index contributed by atoms with van der Waals surface area (Å²) in [5, 5.41) is 11.9. The molecular formula is C22H27N3O3. The lowest BCUT2D eigenvalue weighted by Gasteiger charge is -2.39. The molecule has 28 heavy (non-hydrogen) atoms. The van der Waals surface area contributed by atoms with E-state index in [1.807, 2.05) is 39.2 Å². The molecule has 0 aliphatic carbocycles. The first-order valence-corrected chi connectivity index (χ1v) is 9.43. The van der Waals surface area contributed by atoms with Crippen molar-refractivity contribution in [2.24, 2.45) is 0 Å². The number of nitrogens with one attached hydrogen (secondary N) is 1. The smallest absolute Gasteiger partial charge is 0.405 e. The van der Waals surface area contributed by atoms with E-state index in [4.69, 9.17) is 0 Å². The van der Waals surface area contributed by atoms with Crippen LogP contribution in [0.4, 0.5) is 10.5 Å². The number of amides is 2. The summed E-state index contributed by atoms with van der Waals surface area (Å²) in [6.45, 7) is 4.36. The number of anilines is 1. The van der Waals surface area contributed by atoms with Crippen LogP contribution in [0.3, 0.4) is 0 Å². The van der Waals surface area contributed by atoms with Gasteiger partial charge in [0.25, 0.3) is 0 Å². The minimum atomic E-state index is -1.06. The number of nitrogens with zero attached hydrogens (tertiary/aromatic N) is 2. The molecule has 2 amide bonds. The normalized spacial score (nSPS) is 18.7. The number of rotatable bonds is 4. The number of hydrogen-bond donors (Lipinski definition) is 2. The van der Waals surface area contributed by atoms with E-state index in [1.54, 1.807) is 11.8 Å². The first-order chi connectivity index (χ1) is 13.3. The molecule has 0 radical (unpaired) electrons.